The summed E-state index contributed by atoms with van der Waals surface area (Å²) in [5, 5.41) is 12.5. The van der Waals surface area contributed by atoms with Crippen molar-refractivity contribution in [1.29, 1.82) is 0 Å². The van der Waals surface area contributed by atoms with Gasteiger partial charge in [0, 0.05) is 23.9 Å². The van der Waals surface area contributed by atoms with Crippen LogP contribution in [0.15, 0.2) is 48.7 Å². The molecule has 32 heavy (non-hydrogen) atoms. The number of nitrogens with zero attached hydrogens (tertiary/aromatic N) is 2. The van der Waals surface area contributed by atoms with Crippen molar-refractivity contribution in [2.75, 3.05) is 18.5 Å². The van der Waals surface area contributed by atoms with Gasteiger partial charge in [0.05, 0.1) is 13.0 Å². The van der Waals surface area contributed by atoms with Gasteiger partial charge in [0.25, 0.3) is 0 Å². The van der Waals surface area contributed by atoms with Gasteiger partial charge in [0.2, 0.25) is 0 Å². The third-order valence-corrected chi connectivity index (χ3v) is 5.87. The number of aromatic nitrogens is 2. The molecule has 2 aromatic carbocycles. The average molecular weight is 432 g/mol. The van der Waals surface area contributed by atoms with E-state index in [0.29, 0.717) is 6.61 Å². The third kappa shape index (κ3) is 5.25. The third-order valence-electron chi connectivity index (χ3n) is 5.87. The summed E-state index contributed by atoms with van der Waals surface area (Å²) in [5.41, 5.74) is 5.58. The summed E-state index contributed by atoms with van der Waals surface area (Å²) in [5.74, 6) is 1.80. The second-order valence-electron chi connectivity index (χ2n) is 8.42. The molecule has 1 aromatic heterocycles. The van der Waals surface area contributed by atoms with Crippen molar-refractivity contribution in [2.45, 2.75) is 45.4 Å². The number of benzene rings is 2. The second kappa shape index (κ2) is 9.81. The van der Waals surface area contributed by atoms with E-state index in [1.807, 2.05) is 37.4 Å². The Labute approximate surface area is 188 Å². The molecule has 1 atom stereocenters. The highest BCUT2D eigenvalue weighted by atomic mass is 16.5. The average Bonchev–Trinajstić information content (AvgIpc) is 3.16. The Hall–Kier alpha value is -3.41. The largest absolute Gasteiger partial charge is 0.494 e. The van der Waals surface area contributed by atoms with Crippen LogP contribution in [0.4, 0.5) is 5.82 Å². The highest BCUT2D eigenvalue weighted by Gasteiger charge is 2.24. The van der Waals surface area contributed by atoms with Crippen LogP contribution in [-0.4, -0.2) is 34.2 Å². The first-order valence-corrected chi connectivity index (χ1v) is 11.1. The summed E-state index contributed by atoms with van der Waals surface area (Å²) in [4.78, 5) is 20.2. The van der Waals surface area contributed by atoms with Gasteiger partial charge in [-0.2, -0.15) is 0 Å². The van der Waals surface area contributed by atoms with E-state index in [4.69, 9.17) is 14.8 Å². The molecule has 3 aromatic rings. The summed E-state index contributed by atoms with van der Waals surface area (Å²) in [6.07, 6.45) is 4.71. The van der Waals surface area contributed by atoms with Gasteiger partial charge in [-0.15, -0.1) is 0 Å². The van der Waals surface area contributed by atoms with Crippen molar-refractivity contribution in [3.8, 4) is 17.1 Å². The molecule has 6 nitrogen and oxygen atoms in total. The van der Waals surface area contributed by atoms with Crippen molar-refractivity contribution < 1.29 is 14.6 Å². The molecule has 0 fully saturated rings. The number of ether oxygens (including phenoxy) is 1. The highest BCUT2D eigenvalue weighted by Crippen LogP contribution is 2.37. The Bertz CT molecular complexity index is 1110. The fourth-order valence-electron chi connectivity index (χ4n) is 4.21. The molecule has 2 N–H and O–H groups in total. The number of hydrogen-bond donors (Lipinski definition) is 2. The lowest BCUT2D eigenvalue weighted by Crippen LogP contribution is -2.10. The molecule has 0 bridgehead atoms. The molecule has 1 heterocycles. The SMILES string of the molecule is Cc1cccc(-c2ncc(C)c(NCCCOc3ccc4c(c3)CC[C@H]4CC(=O)O)n2)c1. The van der Waals surface area contributed by atoms with Gasteiger partial charge in [0.15, 0.2) is 5.82 Å². The number of aryl methyl sites for hydroxylation is 3. The van der Waals surface area contributed by atoms with Crippen molar-refractivity contribution in [2.24, 2.45) is 0 Å². The van der Waals surface area contributed by atoms with Gasteiger partial charge in [-0.25, -0.2) is 9.97 Å². The molecule has 1 aliphatic carbocycles. The standard InChI is InChI=1S/C26H29N3O3/c1-17-5-3-6-21(13-17)26-28-16-18(2)25(29-26)27-11-4-12-32-22-9-10-23-19(14-22)7-8-20(23)15-24(30)31/h3,5-6,9-10,13-14,16,20H,4,7-8,11-12,15H2,1-2H3,(H,30,31)(H,27,28,29)/t20-/m0/s1. The maximum atomic E-state index is 11.0. The molecule has 0 unspecified atom stereocenters. The summed E-state index contributed by atoms with van der Waals surface area (Å²) in [6.45, 7) is 5.41. The number of nitrogens with one attached hydrogen (secondary N) is 1. The van der Waals surface area contributed by atoms with E-state index < -0.39 is 5.97 Å². The lowest BCUT2D eigenvalue weighted by molar-refractivity contribution is -0.137. The van der Waals surface area contributed by atoms with Gasteiger partial charge in [0.1, 0.15) is 11.6 Å². The predicted octanol–water partition coefficient (Wildman–Crippen LogP) is 5.15. The van der Waals surface area contributed by atoms with Crippen molar-refractivity contribution in [1.82, 2.24) is 9.97 Å². The zero-order valence-electron chi connectivity index (χ0n) is 18.6. The summed E-state index contributed by atoms with van der Waals surface area (Å²) < 4.78 is 5.93. The van der Waals surface area contributed by atoms with Gasteiger partial charge in [-0.05, 0) is 68.4 Å². The molecule has 0 radical (unpaired) electrons. The van der Waals surface area contributed by atoms with E-state index in [1.54, 1.807) is 0 Å². The number of carboxylic acid groups (broad SMARTS) is 1. The Morgan fingerprint density at radius 1 is 1.22 bits per heavy atom. The summed E-state index contributed by atoms with van der Waals surface area (Å²) >= 11 is 0. The number of aliphatic carboxylic acids is 1. The fourth-order valence-corrected chi connectivity index (χ4v) is 4.21. The van der Waals surface area contributed by atoms with Crippen LogP contribution < -0.4 is 10.1 Å². The first kappa shape index (κ1) is 21.8. The van der Waals surface area contributed by atoms with Crippen molar-refractivity contribution in [3.63, 3.8) is 0 Å². The molecule has 166 valence electrons. The zero-order valence-corrected chi connectivity index (χ0v) is 18.6. The minimum absolute atomic E-state index is 0.126. The molecule has 0 saturated carbocycles. The van der Waals surface area contributed by atoms with Crippen LogP contribution in [0.25, 0.3) is 11.4 Å². The van der Waals surface area contributed by atoms with Crippen molar-refractivity contribution in [3.05, 3.63) is 70.9 Å². The molecule has 6 heteroatoms. The van der Waals surface area contributed by atoms with E-state index >= 15 is 0 Å². The van der Waals surface area contributed by atoms with E-state index in [1.165, 1.54) is 11.1 Å². The topological polar surface area (TPSA) is 84.3 Å². The quantitative estimate of drug-likeness (QED) is 0.456. The zero-order chi connectivity index (χ0) is 22.5. The lowest BCUT2D eigenvalue weighted by atomic mass is 9.98. The molecular weight excluding hydrogens is 402 g/mol. The highest BCUT2D eigenvalue weighted by molar-refractivity contribution is 5.68. The normalized spacial score (nSPS) is 14.8. The van der Waals surface area contributed by atoms with Crippen LogP contribution in [0.1, 0.15) is 47.4 Å². The first-order chi connectivity index (χ1) is 15.5. The fraction of sp³-hybridized carbons (Fsp3) is 0.346. The molecule has 0 aliphatic heterocycles. The lowest BCUT2D eigenvalue weighted by Gasteiger charge is -2.12. The van der Waals surface area contributed by atoms with Crippen LogP contribution in [0.5, 0.6) is 5.75 Å². The smallest absolute Gasteiger partial charge is 0.303 e. The Kier molecular flexibility index (Phi) is 6.69. The number of rotatable bonds is 9. The maximum absolute atomic E-state index is 11.0. The number of anilines is 1. The Morgan fingerprint density at radius 3 is 2.91 bits per heavy atom. The number of carboxylic acids is 1. The summed E-state index contributed by atoms with van der Waals surface area (Å²) in [6, 6.07) is 14.2. The van der Waals surface area contributed by atoms with E-state index in [2.05, 4.69) is 35.4 Å². The van der Waals surface area contributed by atoms with Gasteiger partial charge >= 0.3 is 5.97 Å². The Balaban J connectivity index is 1.28. The van der Waals surface area contributed by atoms with Crippen LogP contribution in [0, 0.1) is 13.8 Å². The van der Waals surface area contributed by atoms with Gasteiger partial charge in [-0.3, -0.25) is 4.79 Å². The number of carbonyl (C=O) groups is 1. The minimum atomic E-state index is -0.736. The number of hydrogen-bond acceptors (Lipinski definition) is 5. The van der Waals surface area contributed by atoms with Crippen molar-refractivity contribution >= 4 is 11.8 Å². The monoisotopic (exact) mass is 431 g/mol. The van der Waals surface area contributed by atoms with Gasteiger partial charge < -0.3 is 15.2 Å². The second-order valence-corrected chi connectivity index (χ2v) is 8.42. The molecule has 0 spiro atoms. The van der Waals surface area contributed by atoms with Crippen LogP contribution in [-0.2, 0) is 11.2 Å². The molecule has 0 amide bonds. The molecule has 4 rings (SSSR count). The molecule has 0 saturated heterocycles. The van der Waals surface area contributed by atoms with E-state index in [-0.39, 0.29) is 12.3 Å². The number of fused-ring (bicyclic) bond motifs is 1. The first-order valence-electron chi connectivity index (χ1n) is 11.1. The van der Waals surface area contributed by atoms with Gasteiger partial charge in [-0.1, -0.05) is 29.8 Å². The molecular formula is C26H29N3O3. The van der Waals surface area contributed by atoms with Crippen LogP contribution in [0.3, 0.4) is 0 Å². The predicted molar refractivity (Wildman–Crippen MR) is 125 cm³/mol. The summed E-state index contributed by atoms with van der Waals surface area (Å²) in [7, 11) is 0. The van der Waals surface area contributed by atoms with E-state index in [0.717, 1.165) is 59.9 Å². The minimum Gasteiger partial charge on any atom is -0.494 e. The van der Waals surface area contributed by atoms with E-state index in [9.17, 15) is 4.79 Å². The maximum Gasteiger partial charge on any atom is 0.303 e. The molecule has 1 aliphatic rings. The van der Waals surface area contributed by atoms with Crippen LogP contribution in [0.2, 0.25) is 0 Å². The van der Waals surface area contributed by atoms with Crippen LogP contribution >= 0.6 is 0 Å². The Morgan fingerprint density at radius 2 is 2.09 bits per heavy atom.